The maximum absolute atomic E-state index is 4.00. The number of fused-ring (bicyclic) bond motifs is 15. The van der Waals surface area contributed by atoms with Crippen LogP contribution in [0.5, 0.6) is 0 Å². The molecule has 9 aliphatic carbocycles. The Bertz CT molecular complexity index is 1800. The van der Waals surface area contributed by atoms with Gasteiger partial charge in [-0.05, 0) is 209 Å². The minimum absolute atomic E-state index is 0.503. The highest BCUT2D eigenvalue weighted by Gasteiger charge is 2.65. The highest BCUT2D eigenvalue weighted by atomic mass is 79.9. The van der Waals surface area contributed by atoms with Crippen molar-refractivity contribution in [1.82, 2.24) is 14.4 Å². The molecule has 12 fully saturated rings. The van der Waals surface area contributed by atoms with Crippen LogP contribution >= 0.6 is 31.9 Å². The van der Waals surface area contributed by atoms with E-state index in [0.29, 0.717) is 5.41 Å². The molecule has 408 valence electrons. The quantitative estimate of drug-likeness (QED) is 0.201. The number of alkyl halides is 2. The summed E-state index contributed by atoms with van der Waals surface area (Å²) in [6.45, 7) is 38.8. The third kappa shape index (κ3) is 10.7. The molecule has 24 unspecified atom stereocenters. The van der Waals surface area contributed by atoms with Crippen molar-refractivity contribution in [3.63, 3.8) is 0 Å². The summed E-state index contributed by atoms with van der Waals surface area (Å²) in [5.41, 5.74) is 0.503. The van der Waals surface area contributed by atoms with Gasteiger partial charge in [0, 0.05) is 45.9 Å². The van der Waals surface area contributed by atoms with Gasteiger partial charge in [0.25, 0.3) is 0 Å². The van der Waals surface area contributed by atoms with Crippen LogP contribution in [-0.2, 0) is 0 Å². The maximum Gasteiger partial charge on any atom is 0.119 e. The van der Waals surface area contributed by atoms with Crippen molar-refractivity contribution < 1.29 is 0 Å². The van der Waals surface area contributed by atoms with Gasteiger partial charge in [0.1, 0.15) is 8.24 Å². The lowest BCUT2D eigenvalue weighted by molar-refractivity contribution is 0.0588. The summed E-state index contributed by atoms with van der Waals surface area (Å²) in [6, 6.07) is 5.59. The number of nitrogens with zero attached hydrogens (tertiary/aromatic N) is 3. The van der Waals surface area contributed by atoms with Crippen LogP contribution in [0.4, 0.5) is 0 Å². The third-order valence-corrected chi connectivity index (χ3v) is 31.0. The summed E-state index contributed by atoms with van der Waals surface area (Å²) in [5.74, 6) is 16.4. The van der Waals surface area contributed by atoms with Crippen molar-refractivity contribution in [2.45, 2.75) is 281 Å². The topological polar surface area (TPSA) is 9.72 Å². The number of rotatable bonds is 5. The Morgan fingerprint density at radius 3 is 1.13 bits per heavy atom. The van der Waals surface area contributed by atoms with Crippen molar-refractivity contribution in [2.24, 2.45) is 100 Å². The Morgan fingerprint density at radius 1 is 0.394 bits per heavy atom. The number of likely N-dealkylation sites (tertiary alicyclic amines) is 2. The number of hydrogen-bond donors (Lipinski definition) is 0. The second kappa shape index (κ2) is 21.2. The van der Waals surface area contributed by atoms with E-state index < -0.39 is 24.4 Å². The van der Waals surface area contributed by atoms with E-state index >= 15 is 0 Å². The molecule has 0 aromatic rings. The normalized spacial score (nSPS) is 49.6. The lowest BCUT2D eigenvalue weighted by Gasteiger charge is -2.45. The zero-order chi connectivity index (χ0) is 50.9. The second-order valence-electron chi connectivity index (χ2n) is 33.1. The van der Waals surface area contributed by atoms with Crippen molar-refractivity contribution in [2.75, 3.05) is 12.3 Å². The molecule has 0 spiro atoms. The average molecular weight is 1160 g/mol. The van der Waals surface area contributed by atoms with Crippen LogP contribution in [0.1, 0.15) is 176 Å². The van der Waals surface area contributed by atoms with Crippen LogP contribution in [0.15, 0.2) is 0 Å². The van der Waals surface area contributed by atoms with E-state index in [9.17, 15) is 0 Å². The molecule has 8 heteroatoms. The fourth-order valence-electron chi connectivity index (χ4n) is 22.5. The summed E-state index contributed by atoms with van der Waals surface area (Å²) in [5, 5.41) is 0. The maximum atomic E-state index is 4.00. The molecular formula is C63H115Br2N3Si3. The van der Waals surface area contributed by atoms with Gasteiger partial charge in [0.2, 0.25) is 0 Å². The standard InChI is InChI=1S/C24H45NSi.C20H36BrNSi.C19H34BrNSi/c1-16-18-10-8-9-11-19(18)22-20-14-17(24(2,3)4)12-13-21(20)25(23(16)22)15-26(5,6)7;1-13-15-7-5-6-8-16(15)19-17-11-14(21)9-10-18(17)22(20(13)19)12-23(2,3)4;1-12-14-7-5-6-8-15(14)18-16-11-13(20)9-10-17(16)21(19(12)18)22(2,3)4/h16-23H,8-15H2,1-7H3;13-20H,5-12H2,1-4H3;12-19H,5-11H2,1-4H3. The van der Waals surface area contributed by atoms with Gasteiger partial charge < -0.3 is 4.57 Å². The number of halogens is 2. The Morgan fingerprint density at radius 2 is 0.732 bits per heavy atom. The Balaban J connectivity index is 0.000000123. The highest BCUT2D eigenvalue weighted by molar-refractivity contribution is 9.09. The number of hydrogen-bond acceptors (Lipinski definition) is 3. The highest BCUT2D eigenvalue weighted by Crippen LogP contribution is 2.65. The molecule has 3 aliphatic heterocycles. The second-order valence-corrected chi connectivity index (χ2v) is 51.4. The van der Waals surface area contributed by atoms with Crippen molar-refractivity contribution in [3.05, 3.63) is 0 Å². The van der Waals surface area contributed by atoms with Crippen LogP contribution in [0, 0.1) is 100 Å². The molecule has 12 aliphatic rings. The molecule has 3 heterocycles. The van der Waals surface area contributed by atoms with Gasteiger partial charge in [0.05, 0.1) is 16.1 Å². The van der Waals surface area contributed by atoms with Gasteiger partial charge >= 0.3 is 0 Å². The van der Waals surface area contributed by atoms with Crippen LogP contribution in [0.3, 0.4) is 0 Å². The molecule has 71 heavy (non-hydrogen) atoms. The molecule has 0 radical (unpaired) electrons. The first-order chi connectivity index (χ1) is 33.3. The van der Waals surface area contributed by atoms with Crippen LogP contribution in [0.25, 0.3) is 0 Å². The molecule has 0 aromatic heterocycles. The molecule has 12 rings (SSSR count). The minimum atomic E-state index is -1.23. The smallest absolute Gasteiger partial charge is 0.119 e. The first-order valence-electron chi connectivity index (χ1n) is 31.9. The van der Waals surface area contributed by atoms with Crippen LogP contribution < -0.4 is 0 Å². The molecule has 24 atom stereocenters. The van der Waals surface area contributed by atoms with Gasteiger partial charge in [0.15, 0.2) is 0 Å². The van der Waals surface area contributed by atoms with Gasteiger partial charge in [-0.1, -0.05) is 171 Å². The van der Waals surface area contributed by atoms with Crippen molar-refractivity contribution in [3.8, 4) is 0 Å². The summed E-state index contributed by atoms with van der Waals surface area (Å²) in [6.07, 6.45) is 34.4. The Kier molecular flexibility index (Phi) is 16.6. The fourth-order valence-corrected chi connectivity index (χ4v) is 29.6. The van der Waals surface area contributed by atoms with Gasteiger partial charge in [-0.15, -0.1) is 0 Å². The predicted molar refractivity (Wildman–Crippen MR) is 323 cm³/mol. The molecule has 3 saturated heterocycles. The van der Waals surface area contributed by atoms with E-state index in [1.807, 2.05) is 0 Å². The SMILES string of the molecule is CC1C2CCCCC2C2C3CC(Br)CCC3N(C[Si](C)(C)C)C12.CC1C2CCCCC2C2C3CC(Br)CCC3N([Si](C)(C)C)C12.CC1C2CCCCC2C2C3CC(C(C)(C)C)CCC3N(C[Si](C)(C)C)C12. The summed E-state index contributed by atoms with van der Waals surface area (Å²) in [4.78, 5) is 7.84. The molecule has 0 aromatic carbocycles. The Hall–Kier alpha value is 1.49. The van der Waals surface area contributed by atoms with Crippen molar-refractivity contribution in [1.29, 1.82) is 0 Å². The first kappa shape index (κ1) is 55.8. The van der Waals surface area contributed by atoms with E-state index in [1.165, 1.54) is 121 Å². The predicted octanol–water partition coefficient (Wildman–Crippen LogP) is 17.5. The third-order valence-electron chi connectivity index (χ3n) is 24.5. The summed E-state index contributed by atoms with van der Waals surface area (Å²) < 4.78 is 3.16. The van der Waals surface area contributed by atoms with Crippen LogP contribution in [0.2, 0.25) is 58.9 Å². The zero-order valence-corrected chi connectivity index (χ0v) is 55.4. The van der Waals surface area contributed by atoms with Crippen LogP contribution in [-0.4, -0.2) is 97.0 Å². The fraction of sp³-hybridized carbons (Fsp3) is 1.00. The van der Waals surface area contributed by atoms with E-state index in [4.69, 9.17) is 0 Å². The van der Waals surface area contributed by atoms with E-state index in [0.717, 1.165) is 141 Å². The summed E-state index contributed by atoms with van der Waals surface area (Å²) in [7, 11) is -3.33. The monoisotopic (exact) mass is 1160 g/mol. The van der Waals surface area contributed by atoms with E-state index in [2.05, 4.69) is 147 Å². The molecule has 0 N–H and O–H groups in total. The zero-order valence-electron chi connectivity index (χ0n) is 49.2. The lowest BCUT2D eigenvalue weighted by atomic mass is 9.63. The van der Waals surface area contributed by atoms with Gasteiger partial charge in [-0.25, -0.2) is 0 Å². The van der Waals surface area contributed by atoms with Gasteiger partial charge in [-0.2, -0.15) is 0 Å². The van der Waals surface area contributed by atoms with Gasteiger partial charge in [-0.3, -0.25) is 9.80 Å². The molecule has 9 saturated carbocycles. The molecule has 3 nitrogen and oxygen atoms in total. The molecular weight excluding hydrogens is 1040 g/mol. The molecule has 0 bridgehead atoms. The Labute approximate surface area is 461 Å². The molecule has 0 amide bonds. The van der Waals surface area contributed by atoms with E-state index in [1.54, 1.807) is 25.7 Å². The largest absolute Gasteiger partial charge is 0.318 e. The van der Waals surface area contributed by atoms with Crippen molar-refractivity contribution >= 4 is 56.2 Å². The average Bonchev–Trinajstić information content (AvgIpc) is 4.10. The first-order valence-corrected chi connectivity index (χ1v) is 44.6. The minimum Gasteiger partial charge on any atom is -0.318 e. The lowest BCUT2D eigenvalue weighted by Crippen LogP contribution is -2.56. The van der Waals surface area contributed by atoms with E-state index in [-0.39, 0.29) is 0 Å². The summed E-state index contributed by atoms with van der Waals surface area (Å²) >= 11 is 7.98.